The molecule has 0 aliphatic heterocycles. The molecular weight excluding hydrogens is 747 g/mol. The van der Waals surface area contributed by atoms with Crippen LogP contribution in [0.3, 0.4) is 0 Å². The lowest BCUT2D eigenvalue weighted by Gasteiger charge is -2.29. The van der Waals surface area contributed by atoms with Gasteiger partial charge >= 0.3 is 0 Å². The second-order valence-electron chi connectivity index (χ2n) is 16.8. The maximum atomic E-state index is 7.20. The fraction of sp³-hybridized carbons (Fsp3) is 0.0526. The molecule has 0 spiro atoms. The first-order valence-corrected chi connectivity index (χ1v) is 20.9. The molecule has 1 aliphatic rings. The van der Waals surface area contributed by atoms with Crippen LogP contribution in [-0.2, 0) is 5.41 Å². The number of hydrogen-bond donors (Lipinski definition) is 0. The van der Waals surface area contributed by atoms with E-state index in [1.54, 1.807) is 0 Å². The highest BCUT2D eigenvalue weighted by molar-refractivity contribution is 6.26. The Balaban J connectivity index is 1.08. The molecule has 3 aromatic heterocycles. The van der Waals surface area contributed by atoms with E-state index in [0.717, 1.165) is 105 Å². The van der Waals surface area contributed by atoms with Crippen molar-refractivity contribution in [2.24, 2.45) is 0 Å². The van der Waals surface area contributed by atoms with Crippen molar-refractivity contribution in [1.82, 2.24) is 0 Å². The van der Waals surface area contributed by atoms with Crippen LogP contribution in [0.2, 0.25) is 0 Å². The fourth-order valence-electron chi connectivity index (χ4n) is 10.2. The molecule has 0 N–H and O–H groups in total. The predicted molar refractivity (Wildman–Crippen MR) is 251 cm³/mol. The third kappa shape index (κ3) is 4.87. The van der Waals surface area contributed by atoms with E-state index in [0.29, 0.717) is 0 Å². The Hall–Kier alpha value is -7.82. The summed E-state index contributed by atoms with van der Waals surface area (Å²) in [5.74, 6) is 0. The van der Waals surface area contributed by atoms with Crippen molar-refractivity contribution in [2.75, 3.05) is 4.90 Å². The molecule has 12 aromatic rings. The van der Waals surface area contributed by atoms with Gasteiger partial charge in [-0.3, -0.25) is 0 Å². The summed E-state index contributed by atoms with van der Waals surface area (Å²) in [7, 11) is 0. The second kappa shape index (κ2) is 12.6. The summed E-state index contributed by atoms with van der Waals surface area (Å²) in [6, 6.07) is 66.9. The SMILES string of the molecule is CC1(C)c2ccccc2-c2ccc(N(c3ccc4c(c3)oc3c(-c5cccc6c5oc5ccccc56)c5c(cc34)oc3ccccc35)c3ccccc3-c3ccccc3)cc21. The van der Waals surface area contributed by atoms with Crippen molar-refractivity contribution >= 4 is 82.9 Å². The third-order valence-corrected chi connectivity index (χ3v) is 13.1. The van der Waals surface area contributed by atoms with Crippen molar-refractivity contribution in [3.05, 3.63) is 199 Å². The Morgan fingerprint density at radius 3 is 1.87 bits per heavy atom. The summed E-state index contributed by atoms with van der Waals surface area (Å²) in [4.78, 5) is 2.39. The fourth-order valence-corrected chi connectivity index (χ4v) is 10.2. The zero-order chi connectivity index (χ0) is 40.4. The second-order valence-corrected chi connectivity index (χ2v) is 16.8. The van der Waals surface area contributed by atoms with E-state index in [1.807, 2.05) is 24.3 Å². The Morgan fingerprint density at radius 1 is 0.377 bits per heavy atom. The lowest BCUT2D eigenvalue weighted by Crippen LogP contribution is -2.16. The first kappa shape index (κ1) is 34.1. The molecule has 288 valence electrons. The van der Waals surface area contributed by atoms with E-state index in [2.05, 4.69) is 183 Å². The lowest BCUT2D eigenvalue weighted by atomic mass is 9.82. The van der Waals surface area contributed by atoms with Gasteiger partial charge in [-0.05, 0) is 76.3 Å². The Bertz CT molecular complexity index is 3750. The van der Waals surface area contributed by atoms with Crippen LogP contribution in [-0.4, -0.2) is 0 Å². The quantitative estimate of drug-likeness (QED) is 0.174. The maximum Gasteiger partial charge on any atom is 0.144 e. The van der Waals surface area contributed by atoms with Crippen LogP contribution < -0.4 is 4.90 Å². The minimum atomic E-state index is -0.157. The molecule has 0 radical (unpaired) electrons. The normalized spacial score (nSPS) is 13.2. The van der Waals surface area contributed by atoms with Crippen LogP contribution in [0.25, 0.3) is 99.2 Å². The van der Waals surface area contributed by atoms with Crippen molar-refractivity contribution in [2.45, 2.75) is 19.3 Å². The standard InChI is InChI=1S/C57H37NO3/c1-57(2)46-23-10-6-18-38(46)39-29-27-35(31-47(39)57)58(48-24-11-7-17-37(48)34-15-4-3-5-16-34)36-28-30-41-45-33-52-53(43-20-9-13-26-50(43)59-52)54(56(45)61-51(41)32-36)44-22-14-21-42-40-19-8-12-25-49(40)60-55(42)44/h3-33H,1-2H3. The summed E-state index contributed by atoms with van der Waals surface area (Å²) in [5, 5.41) is 6.21. The lowest BCUT2D eigenvalue weighted by molar-refractivity contribution is 0.660. The van der Waals surface area contributed by atoms with Crippen LogP contribution in [0.15, 0.2) is 201 Å². The van der Waals surface area contributed by atoms with E-state index in [1.165, 1.54) is 22.3 Å². The number of benzene rings is 9. The molecule has 0 saturated heterocycles. The van der Waals surface area contributed by atoms with Gasteiger partial charge in [0.2, 0.25) is 0 Å². The molecule has 4 heteroatoms. The van der Waals surface area contributed by atoms with Gasteiger partial charge in [-0.25, -0.2) is 0 Å². The summed E-state index contributed by atoms with van der Waals surface area (Å²) in [5.41, 5.74) is 17.4. The monoisotopic (exact) mass is 783 g/mol. The van der Waals surface area contributed by atoms with Crippen molar-refractivity contribution in [3.63, 3.8) is 0 Å². The molecule has 0 bridgehead atoms. The first-order chi connectivity index (χ1) is 30.0. The van der Waals surface area contributed by atoms with E-state index >= 15 is 0 Å². The van der Waals surface area contributed by atoms with E-state index in [9.17, 15) is 0 Å². The van der Waals surface area contributed by atoms with Crippen LogP contribution in [0.4, 0.5) is 17.1 Å². The number of fused-ring (bicyclic) bond motifs is 12. The molecule has 9 aromatic carbocycles. The van der Waals surface area contributed by atoms with Gasteiger partial charge in [-0.2, -0.15) is 0 Å². The Morgan fingerprint density at radius 2 is 1.00 bits per heavy atom. The number of hydrogen-bond acceptors (Lipinski definition) is 4. The van der Waals surface area contributed by atoms with Gasteiger partial charge in [0.25, 0.3) is 0 Å². The Kier molecular flexibility index (Phi) is 7.04. The van der Waals surface area contributed by atoms with E-state index in [-0.39, 0.29) is 5.41 Å². The van der Waals surface area contributed by atoms with Crippen LogP contribution in [0.1, 0.15) is 25.0 Å². The molecule has 3 heterocycles. The average Bonchev–Trinajstić information content (AvgIpc) is 4.04. The molecule has 1 aliphatic carbocycles. The average molecular weight is 784 g/mol. The number of furan rings is 3. The highest BCUT2D eigenvalue weighted by Crippen LogP contribution is 2.52. The maximum absolute atomic E-state index is 7.20. The van der Waals surface area contributed by atoms with Crippen molar-refractivity contribution in [3.8, 4) is 33.4 Å². The van der Waals surface area contributed by atoms with Gasteiger partial charge in [-0.15, -0.1) is 0 Å². The molecular formula is C57H37NO3. The molecule has 0 unspecified atom stereocenters. The van der Waals surface area contributed by atoms with E-state index in [4.69, 9.17) is 13.3 Å². The van der Waals surface area contributed by atoms with Gasteiger partial charge in [-0.1, -0.05) is 147 Å². The predicted octanol–water partition coefficient (Wildman–Crippen LogP) is 16.5. The Labute approximate surface area is 351 Å². The number of para-hydroxylation sites is 4. The molecule has 0 amide bonds. The number of rotatable bonds is 5. The van der Waals surface area contributed by atoms with Gasteiger partial charge in [0.1, 0.15) is 33.5 Å². The minimum absolute atomic E-state index is 0.157. The van der Waals surface area contributed by atoms with Crippen LogP contribution in [0.5, 0.6) is 0 Å². The van der Waals surface area contributed by atoms with Crippen LogP contribution in [0, 0.1) is 0 Å². The van der Waals surface area contributed by atoms with Gasteiger partial charge in [0.05, 0.1) is 5.69 Å². The van der Waals surface area contributed by atoms with Crippen LogP contribution >= 0.6 is 0 Å². The summed E-state index contributed by atoms with van der Waals surface area (Å²) < 4.78 is 20.5. The zero-order valence-corrected chi connectivity index (χ0v) is 33.6. The number of anilines is 3. The smallest absolute Gasteiger partial charge is 0.144 e. The third-order valence-electron chi connectivity index (χ3n) is 13.1. The first-order valence-electron chi connectivity index (χ1n) is 20.9. The van der Waals surface area contributed by atoms with Gasteiger partial charge < -0.3 is 18.2 Å². The molecule has 0 saturated carbocycles. The minimum Gasteiger partial charge on any atom is -0.456 e. The van der Waals surface area contributed by atoms with Gasteiger partial charge in [0.15, 0.2) is 0 Å². The van der Waals surface area contributed by atoms with Crippen molar-refractivity contribution < 1.29 is 13.3 Å². The highest BCUT2D eigenvalue weighted by Gasteiger charge is 2.36. The topological polar surface area (TPSA) is 42.7 Å². The summed E-state index contributed by atoms with van der Waals surface area (Å²) >= 11 is 0. The highest BCUT2D eigenvalue weighted by atomic mass is 16.3. The molecule has 61 heavy (non-hydrogen) atoms. The van der Waals surface area contributed by atoms with Crippen molar-refractivity contribution in [1.29, 1.82) is 0 Å². The van der Waals surface area contributed by atoms with Gasteiger partial charge in [0, 0.05) is 71.9 Å². The molecule has 0 fully saturated rings. The largest absolute Gasteiger partial charge is 0.456 e. The molecule has 0 atom stereocenters. The zero-order valence-electron chi connectivity index (χ0n) is 33.6. The summed E-state index contributed by atoms with van der Waals surface area (Å²) in [6.07, 6.45) is 0. The number of nitrogens with zero attached hydrogens (tertiary/aromatic N) is 1. The molecule has 13 rings (SSSR count). The summed E-state index contributed by atoms with van der Waals surface area (Å²) in [6.45, 7) is 4.68. The van der Waals surface area contributed by atoms with E-state index < -0.39 is 0 Å². The molecule has 4 nitrogen and oxygen atoms in total.